The maximum Gasteiger partial charge on any atom is 0.267 e. The van der Waals surface area contributed by atoms with Crippen molar-refractivity contribution in [2.45, 2.75) is 51.5 Å². The van der Waals surface area contributed by atoms with E-state index < -0.39 is 0 Å². The predicted octanol–water partition coefficient (Wildman–Crippen LogP) is 4.05. The van der Waals surface area contributed by atoms with Crippen molar-refractivity contribution in [3.05, 3.63) is 45.2 Å². The van der Waals surface area contributed by atoms with Gasteiger partial charge in [-0.2, -0.15) is 0 Å². The number of nitrogens with one attached hydrogen (secondary N) is 1. The van der Waals surface area contributed by atoms with Crippen LogP contribution >= 0.6 is 24.0 Å². The molecule has 2 aliphatic rings. The first kappa shape index (κ1) is 20.1. The van der Waals surface area contributed by atoms with Crippen molar-refractivity contribution < 1.29 is 4.79 Å². The second-order valence-electron chi connectivity index (χ2n) is 7.42. The summed E-state index contributed by atoms with van der Waals surface area (Å²) in [7, 11) is 0. The number of aromatic nitrogens is 2. The summed E-state index contributed by atoms with van der Waals surface area (Å²) in [6.07, 6.45) is 9.92. The van der Waals surface area contributed by atoms with Crippen molar-refractivity contribution in [1.29, 1.82) is 0 Å². The maximum atomic E-state index is 13.2. The van der Waals surface area contributed by atoms with Gasteiger partial charge in [-0.3, -0.25) is 18.9 Å². The standard InChI is InChI=1S/C21H24N4O2S2/c1-2-11-25-20(27)16(29-21(25)28)13-15-18(22-14-8-4-3-5-9-14)23-17-10-6-7-12-24(17)19(15)26/h6-7,10,12-14,22H,2-5,8-9,11H2,1H3/b16-13+. The number of thiocarbonyl (C=S) groups is 1. The summed E-state index contributed by atoms with van der Waals surface area (Å²) in [5.74, 6) is 0.414. The minimum absolute atomic E-state index is 0.136. The number of amides is 1. The van der Waals surface area contributed by atoms with Gasteiger partial charge in [-0.15, -0.1) is 0 Å². The fraction of sp³-hybridized carbons (Fsp3) is 0.429. The van der Waals surface area contributed by atoms with E-state index >= 15 is 0 Å². The Balaban J connectivity index is 1.78. The summed E-state index contributed by atoms with van der Waals surface area (Å²) in [5, 5.41) is 3.48. The average molecular weight is 429 g/mol. The lowest BCUT2D eigenvalue weighted by atomic mass is 9.95. The lowest BCUT2D eigenvalue weighted by molar-refractivity contribution is -0.122. The van der Waals surface area contributed by atoms with E-state index in [0.29, 0.717) is 38.8 Å². The molecule has 6 nitrogen and oxygen atoms in total. The molecule has 0 aromatic carbocycles. The Hall–Kier alpha value is -2.19. The van der Waals surface area contributed by atoms with Crippen molar-refractivity contribution >= 4 is 51.7 Å². The molecule has 3 heterocycles. The molecular weight excluding hydrogens is 404 g/mol. The number of carbonyl (C=O) groups is 1. The molecular formula is C21H24N4O2S2. The van der Waals surface area contributed by atoms with E-state index in [1.54, 1.807) is 23.2 Å². The molecule has 1 amide bonds. The van der Waals surface area contributed by atoms with Gasteiger partial charge in [-0.1, -0.05) is 56.2 Å². The highest BCUT2D eigenvalue weighted by Gasteiger charge is 2.32. The smallest absolute Gasteiger partial charge is 0.267 e. The average Bonchev–Trinajstić information content (AvgIpc) is 2.99. The van der Waals surface area contributed by atoms with Gasteiger partial charge in [0.05, 0.1) is 10.5 Å². The van der Waals surface area contributed by atoms with E-state index in [0.717, 1.165) is 19.3 Å². The molecule has 0 radical (unpaired) electrons. The van der Waals surface area contributed by atoms with Crippen molar-refractivity contribution in [2.24, 2.45) is 0 Å². The van der Waals surface area contributed by atoms with Crippen LogP contribution in [0.5, 0.6) is 0 Å². The normalized spacial score (nSPS) is 19.5. The van der Waals surface area contributed by atoms with Gasteiger partial charge in [0.2, 0.25) is 0 Å². The lowest BCUT2D eigenvalue weighted by Crippen LogP contribution is -2.29. The van der Waals surface area contributed by atoms with Crippen LogP contribution in [0.4, 0.5) is 5.82 Å². The van der Waals surface area contributed by atoms with E-state index in [2.05, 4.69) is 5.32 Å². The SMILES string of the molecule is CCCN1C(=O)/C(=C\c2c(NC3CCCCC3)nc3ccccn3c2=O)SC1=S. The number of fused-ring (bicyclic) bond motifs is 1. The van der Waals surface area contributed by atoms with Gasteiger partial charge < -0.3 is 5.32 Å². The highest BCUT2D eigenvalue weighted by atomic mass is 32.2. The molecule has 1 saturated heterocycles. The third-order valence-corrected chi connectivity index (χ3v) is 6.69. The van der Waals surface area contributed by atoms with E-state index in [-0.39, 0.29) is 11.5 Å². The zero-order valence-electron chi connectivity index (χ0n) is 16.4. The number of hydrogen-bond acceptors (Lipinski definition) is 6. The second kappa shape index (κ2) is 8.67. The number of hydrogen-bond donors (Lipinski definition) is 1. The van der Waals surface area contributed by atoms with Crippen LogP contribution in [0.3, 0.4) is 0 Å². The molecule has 4 rings (SSSR count). The third kappa shape index (κ3) is 4.09. The molecule has 8 heteroatoms. The van der Waals surface area contributed by atoms with Crippen molar-refractivity contribution in [3.63, 3.8) is 0 Å². The zero-order chi connectivity index (χ0) is 20.4. The molecule has 1 aliphatic heterocycles. The minimum Gasteiger partial charge on any atom is -0.367 e. The maximum absolute atomic E-state index is 13.2. The molecule has 152 valence electrons. The molecule has 2 aromatic heterocycles. The first-order valence-corrected chi connectivity index (χ1v) is 11.3. The molecule has 0 bridgehead atoms. The minimum atomic E-state index is -0.185. The summed E-state index contributed by atoms with van der Waals surface area (Å²) >= 11 is 6.61. The van der Waals surface area contributed by atoms with Crippen molar-refractivity contribution in [2.75, 3.05) is 11.9 Å². The van der Waals surface area contributed by atoms with Gasteiger partial charge in [-0.25, -0.2) is 4.98 Å². The molecule has 2 aromatic rings. The number of pyridine rings is 1. The fourth-order valence-electron chi connectivity index (χ4n) is 3.83. The third-order valence-electron chi connectivity index (χ3n) is 5.31. The predicted molar refractivity (Wildman–Crippen MR) is 122 cm³/mol. The molecule has 1 N–H and O–H groups in total. The van der Waals surface area contributed by atoms with Crippen LogP contribution < -0.4 is 10.9 Å². The van der Waals surface area contributed by atoms with Crippen molar-refractivity contribution in [3.8, 4) is 0 Å². The first-order valence-electron chi connectivity index (χ1n) is 10.1. The second-order valence-corrected chi connectivity index (χ2v) is 9.10. The van der Waals surface area contributed by atoms with Crippen molar-refractivity contribution in [1.82, 2.24) is 14.3 Å². The molecule has 0 atom stereocenters. The van der Waals surface area contributed by atoms with Gasteiger partial charge in [-0.05, 0) is 37.5 Å². The Labute approximate surface area is 179 Å². The Morgan fingerprint density at radius 1 is 1.28 bits per heavy atom. The molecule has 1 saturated carbocycles. The Kier molecular flexibility index (Phi) is 6.01. The van der Waals surface area contributed by atoms with Crippen LogP contribution in [0.1, 0.15) is 51.0 Å². The Morgan fingerprint density at radius 2 is 2.07 bits per heavy atom. The van der Waals surface area contributed by atoms with Gasteiger partial charge in [0.15, 0.2) is 0 Å². The number of thioether (sulfide) groups is 1. The lowest BCUT2D eigenvalue weighted by Gasteiger charge is -2.24. The van der Waals surface area contributed by atoms with Gasteiger partial charge in [0, 0.05) is 18.8 Å². The quantitative estimate of drug-likeness (QED) is 0.572. The summed E-state index contributed by atoms with van der Waals surface area (Å²) in [6.45, 7) is 2.60. The van der Waals surface area contributed by atoms with Gasteiger partial charge in [0.25, 0.3) is 11.5 Å². The largest absolute Gasteiger partial charge is 0.367 e. The Morgan fingerprint density at radius 3 is 2.83 bits per heavy atom. The van der Waals surface area contributed by atoms with Crippen LogP contribution in [-0.2, 0) is 4.79 Å². The van der Waals surface area contributed by atoms with Crippen LogP contribution in [-0.4, -0.2) is 37.1 Å². The van der Waals surface area contributed by atoms with Crippen LogP contribution in [0.15, 0.2) is 34.1 Å². The van der Waals surface area contributed by atoms with Crippen LogP contribution in [0.2, 0.25) is 0 Å². The first-order chi connectivity index (χ1) is 14.1. The van der Waals surface area contributed by atoms with E-state index in [1.165, 1.54) is 35.4 Å². The monoisotopic (exact) mass is 428 g/mol. The molecule has 1 aliphatic carbocycles. The summed E-state index contributed by atoms with van der Waals surface area (Å²) in [5.41, 5.74) is 0.817. The number of rotatable bonds is 5. The number of nitrogens with zero attached hydrogens (tertiary/aromatic N) is 3. The highest BCUT2D eigenvalue weighted by molar-refractivity contribution is 8.26. The summed E-state index contributed by atoms with van der Waals surface area (Å²) in [4.78, 5) is 32.8. The Bertz CT molecular complexity index is 1040. The van der Waals surface area contributed by atoms with Crippen LogP contribution in [0, 0.1) is 0 Å². The fourth-order valence-corrected chi connectivity index (χ4v) is 5.12. The van der Waals surface area contributed by atoms with Crippen LogP contribution in [0.25, 0.3) is 11.7 Å². The van der Waals surface area contributed by atoms with E-state index in [4.69, 9.17) is 17.2 Å². The molecule has 29 heavy (non-hydrogen) atoms. The van der Waals surface area contributed by atoms with Gasteiger partial charge in [0.1, 0.15) is 15.8 Å². The number of carbonyl (C=O) groups excluding carboxylic acids is 1. The zero-order valence-corrected chi connectivity index (χ0v) is 18.0. The van der Waals surface area contributed by atoms with E-state index in [9.17, 15) is 9.59 Å². The topological polar surface area (TPSA) is 66.7 Å². The number of anilines is 1. The molecule has 0 unspecified atom stereocenters. The highest BCUT2D eigenvalue weighted by Crippen LogP contribution is 2.33. The van der Waals surface area contributed by atoms with Gasteiger partial charge >= 0.3 is 0 Å². The molecule has 2 fully saturated rings. The molecule has 0 spiro atoms. The summed E-state index contributed by atoms with van der Waals surface area (Å²) in [6, 6.07) is 5.78. The van der Waals surface area contributed by atoms with E-state index in [1.807, 2.05) is 19.1 Å². The summed E-state index contributed by atoms with van der Waals surface area (Å²) < 4.78 is 2.06.